The van der Waals surface area contributed by atoms with Crippen molar-refractivity contribution in [3.63, 3.8) is 0 Å². The van der Waals surface area contributed by atoms with E-state index in [1.807, 2.05) is 0 Å². The number of hydrogen-bond donors (Lipinski definition) is 8. The summed E-state index contributed by atoms with van der Waals surface area (Å²) in [6.45, 7) is -0.843. The van der Waals surface area contributed by atoms with E-state index in [-0.39, 0.29) is 0 Å². The normalized spacial score (nSPS) is 17.9. The molecule has 110 valence electrons. The number of aliphatic hydroxyl groups is 5. The average Bonchev–Trinajstić information content (AvgIpc) is 2.22. The fourth-order valence-corrected chi connectivity index (χ4v) is 0.668. The molecule has 4 unspecified atom stereocenters. The molecule has 0 aromatic carbocycles. The molecule has 0 spiro atoms. The molecule has 0 fully saturated rings. The van der Waals surface area contributed by atoms with E-state index in [0.717, 1.165) is 0 Å². The zero-order valence-electron chi connectivity index (χ0n) is 8.73. The topological polar surface area (TPSA) is 213 Å². The van der Waals surface area contributed by atoms with Gasteiger partial charge in [0.15, 0.2) is 6.10 Å². The van der Waals surface area contributed by atoms with Gasteiger partial charge in [0.25, 0.3) is 0 Å². The fourth-order valence-electron chi connectivity index (χ4n) is 0.668. The smallest absolute Gasteiger partial charge is 0.394 e. The van der Waals surface area contributed by atoms with Crippen molar-refractivity contribution in [2.24, 2.45) is 0 Å². The van der Waals surface area contributed by atoms with Crippen LogP contribution < -0.4 is 0 Å². The first-order valence-electron chi connectivity index (χ1n) is 4.17. The van der Waals surface area contributed by atoms with Gasteiger partial charge in [0, 0.05) is 0 Å². The summed E-state index contributed by atoms with van der Waals surface area (Å²) < 4.78 is 31.6. The molecular formula is C6H14O11S. The minimum absolute atomic E-state index is 0.843. The van der Waals surface area contributed by atoms with Crippen LogP contribution in [-0.2, 0) is 15.2 Å². The van der Waals surface area contributed by atoms with E-state index in [1.54, 1.807) is 0 Å². The molecule has 0 saturated carbocycles. The minimum Gasteiger partial charge on any atom is -0.479 e. The first-order valence-corrected chi connectivity index (χ1v) is 5.57. The van der Waals surface area contributed by atoms with E-state index >= 15 is 0 Å². The van der Waals surface area contributed by atoms with Gasteiger partial charge in [0.2, 0.25) is 0 Å². The van der Waals surface area contributed by atoms with Crippen LogP contribution in [0.5, 0.6) is 0 Å². The number of hydrogen-bond acceptors (Lipinski definition) is 8. The Kier molecular flexibility index (Phi) is 8.96. The molecule has 0 aromatic heterocycles. The predicted molar refractivity (Wildman–Crippen MR) is 52.9 cm³/mol. The van der Waals surface area contributed by atoms with Crippen molar-refractivity contribution in [1.29, 1.82) is 0 Å². The minimum atomic E-state index is -4.67. The van der Waals surface area contributed by atoms with Gasteiger partial charge in [-0.3, -0.25) is 9.11 Å². The number of carbonyl (C=O) groups is 1. The summed E-state index contributed by atoms with van der Waals surface area (Å²) in [4.78, 5) is 10.1. The molecule has 0 rings (SSSR count). The van der Waals surface area contributed by atoms with Gasteiger partial charge in [-0.05, 0) is 0 Å². The Morgan fingerprint density at radius 2 is 1.33 bits per heavy atom. The lowest BCUT2D eigenvalue weighted by molar-refractivity contribution is -0.164. The molecular weight excluding hydrogens is 280 g/mol. The summed E-state index contributed by atoms with van der Waals surface area (Å²) in [5, 5.41) is 51.8. The largest absolute Gasteiger partial charge is 0.479 e. The van der Waals surface area contributed by atoms with Crippen molar-refractivity contribution in [2.75, 3.05) is 6.61 Å². The van der Waals surface area contributed by atoms with Gasteiger partial charge >= 0.3 is 16.4 Å². The Morgan fingerprint density at radius 1 is 1.00 bits per heavy atom. The third-order valence-electron chi connectivity index (χ3n) is 1.51. The summed E-state index contributed by atoms with van der Waals surface area (Å²) in [5.41, 5.74) is 0. The second kappa shape index (κ2) is 8.28. The maximum absolute atomic E-state index is 10.1. The number of carboxylic acids is 1. The van der Waals surface area contributed by atoms with E-state index in [1.165, 1.54) is 0 Å². The van der Waals surface area contributed by atoms with Crippen LogP contribution in [0.15, 0.2) is 0 Å². The zero-order valence-corrected chi connectivity index (χ0v) is 9.54. The van der Waals surface area contributed by atoms with Crippen LogP contribution in [0.1, 0.15) is 0 Å². The Morgan fingerprint density at radius 3 is 1.56 bits per heavy atom. The molecule has 18 heavy (non-hydrogen) atoms. The summed E-state index contributed by atoms with van der Waals surface area (Å²) >= 11 is 0. The van der Waals surface area contributed by atoms with Crippen molar-refractivity contribution in [3.05, 3.63) is 0 Å². The van der Waals surface area contributed by atoms with Crippen LogP contribution >= 0.6 is 0 Å². The summed E-state index contributed by atoms with van der Waals surface area (Å²) in [5.74, 6) is -1.73. The number of carboxylic acid groups (broad SMARTS) is 1. The molecule has 0 aliphatic carbocycles. The highest BCUT2D eigenvalue weighted by molar-refractivity contribution is 7.79. The van der Waals surface area contributed by atoms with E-state index in [2.05, 4.69) is 0 Å². The molecule has 0 saturated heterocycles. The SMILES string of the molecule is O=C(O)C(O)C(O)C(O)C(O)CO.O=S(=O)(O)O. The van der Waals surface area contributed by atoms with Gasteiger partial charge in [-0.1, -0.05) is 0 Å². The first kappa shape index (κ1) is 19.5. The molecule has 11 nitrogen and oxygen atoms in total. The van der Waals surface area contributed by atoms with Crippen LogP contribution in [-0.4, -0.2) is 85.2 Å². The Bertz CT molecular complexity index is 329. The van der Waals surface area contributed by atoms with E-state index in [4.69, 9.17) is 48.2 Å². The van der Waals surface area contributed by atoms with Gasteiger partial charge in [0.05, 0.1) is 6.61 Å². The maximum Gasteiger partial charge on any atom is 0.394 e. The van der Waals surface area contributed by atoms with Gasteiger partial charge in [-0.25, -0.2) is 4.79 Å². The van der Waals surface area contributed by atoms with Gasteiger partial charge in [-0.2, -0.15) is 8.42 Å². The summed E-state index contributed by atoms with van der Waals surface area (Å²) in [7, 11) is -4.67. The van der Waals surface area contributed by atoms with E-state index < -0.39 is 47.4 Å². The molecule has 0 heterocycles. The second-order valence-electron chi connectivity index (χ2n) is 2.96. The zero-order chi connectivity index (χ0) is 15.1. The molecule has 8 N–H and O–H groups in total. The van der Waals surface area contributed by atoms with Crippen LogP contribution in [0.2, 0.25) is 0 Å². The Balaban J connectivity index is 0. The molecule has 12 heteroatoms. The lowest BCUT2D eigenvalue weighted by Gasteiger charge is -2.23. The Labute approximate surface area is 101 Å². The molecule has 0 amide bonds. The molecule has 0 aliphatic rings. The maximum atomic E-state index is 10.1. The molecule has 0 aromatic rings. The van der Waals surface area contributed by atoms with Crippen LogP contribution in [0.25, 0.3) is 0 Å². The van der Waals surface area contributed by atoms with Crippen LogP contribution in [0.3, 0.4) is 0 Å². The van der Waals surface area contributed by atoms with Crippen molar-refractivity contribution >= 4 is 16.4 Å². The highest BCUT2D eigenvalue weighted by Gasteiger charge is 2.33. The second-order valence-corrected chi connectivity index (χ2v) is 3.86. The first-order chi connectivity index (χ1) is 7.91. The molecule has 4 atom stereocenters. The predicted octanol–water partition coefficient (Wildman–Crippen LogP) is -4.15. The lowest BCUT2D eigenvalue weighted by Crippen LogP contribution is -2.48. The third kappa shape index (κ3) is 10.3. The van der Waals surface area contributed by atoms with Crippen molar-refractivity contribution in [1.82, 2.24) is 0 Å². The van der Waals surface area contributed by atoms with Gasteiger partial charge in [-0.15, -0.1) is 0 Å². The van der Waals surface area contributed by atoms with Crippen molar-refractivity contribution in [3.8, 4) is 0 Å². The highest BCUT2D eigenvalue weighted by atomic mass is 32.3. The number of rotatable bonds is 5. The summed E-state index contributed by atoms with van der Waals surface area (Å²) in [6.07, 6.45) is -7.84. The van der Waals surface area contributed by atoms with E-state index in [0.29, 0.717) is 0 Å². The van der Waals surface area contributed by atoms with Crippen LogP contribution in [0, 0.1) is 0 Å². The molecule has 0 radical (unpaired) electrons. The number of aliphatic hydroxyl groups excluding tert-OH is 5. The van der Waals surface area contributed by atoms with Crippen LogP contribution in [0.4, 0.5) is 0 Å². The average molecular weight is 294 g/mol. The standard InChI is InChI=1S/C6H12O7.H2O4S/c7-1-2(8)3(9)4(10)5(11)6(12)13;1-5(2,3)4/h2-5,7-11H,1H2,(H,12,13);(H2,1,2,3,4). The summed E-state index contributed by atoms with van der Waals surface area (Å²) in [6, 6.07) is 0. The van der Waals surface area contributed by atoms with Gasteiger partial charge < -0.3 is 30.6 Å². The molecule has 0 aliphatic heterocycles. The van der Waals surface area contributed by atoms with Crippen molar-refractivity contribution in [2.45, 2.75) is 24.4 Å². The third-order valence-corrected chi connectivity index (χ3v) is 1.51. The van der Waals surface area contributed by atoms with E-state index in [9.17, 15) is 4.79 Å². The quantitative estimate of drug-likeness (QED) is 0.228. The fraction of sp³-hybridized carbons (Fsp3) is 0.833. The molecule has 0 bridgehead atoms. The van der Waals surface area contributed by atoms with Crippen molar-refractivity contribution < 1.29 is 53.0 Å². The van der Waals surface area contributed by atoms with Gasteiger partial charge in [0.1, 0.15) is 18.3 Å². The highest BCUT2D eigenvalue weighted by Crippen LogP contribution is 2.04. The lowest BCUT2D eigenvalue weighted by atomic mass is 10.0. The monoisotopic (exact) mass is 294 g/mol. The Hall–Kier alpha value is -0.860. The number of aliphatic carboxylic acids is 1.